The summed E-state index contributed by atoms with van der Waals surface area (Å²) in [7, 11) is 0. The van der Waals surface area contributed by atoms with Gasteiger partial charge in [-0.15, -0.1) is 24.8 Å². The topological polar surface area (TPSA) is 43.8 Å². The first-order valence-corrected chi connectivity index (χ1v) is 7.08. The number of nitrogens with zero attached hydrogens (tertiary/aromatic N) is 2. The molecule has 0 unspecified atom stereocenters. The molecule has 116 valence electrons. The van der Waals surface area contributed by atoms with Gasteiger partial charge in [0, 0.05) is 43.7 Å². The zero-order chi connectivity index (χ0) is 13.0. The van der Waals surface area contributed by atoms with Crippen LogP contribution in [-0.2, 0) is 6.42 Å². The summed E-state index contributed by atoms with van der Waals surface area (Å²) in [4.78, 5) is 15.3. The van der Waals surface area contributed by atoms with Crippen LogP contribution in [0, 0.1) is 5.92 Å². The van der Waals surface area contributed by atoms with E-state index in [0.717, 1.165) is 13.1 Å². The molecule has 1 aromatic carbocycles. The number of hydrogen-bond donors (Lipinski definition) is 1. The normalized spacial score (nSPS) is 25.3. The molecule has 6 heteroatoms. The van der Waals surface area contributed by atoms with E-state index in [1.807, 2.05) is 0 Å². The molecule has 0 bridgehead atoms. The molecule has 0 spiro atoms. The molecular formula is C15H20Cl2N2O2. The molecule has 1 fully saturated rings. The van der Waals surface area contributed by atoms with Gasteiger partial charge >= 0.3 is 6.09 Å². The fourth-order valence-electron chi connectivity index (χ4n) is 4.10. The summed E-state index contributed by atoms with van der Waals surface area (Å²) in [6.07, 6.45) is 1.62. The second kappa shape index (κ2) is 5.93. The van der Waals surface area contributed by atoms with Gasteiger partial charge in [-0.3, -0.25) is 0 Å². The van der Waals surface area contributed by atoms with Gasteiger partial charge in [0.1, 0.15) is 0 Å². The zero-order valence-electron chi connectivity index (χ0n) is 11.7. The lowest BCUT2D eigenvalue weighted by Gasteiger charge is -2.41. The van der Waals surface area contributed by atoms with E-state index in [1.165, 1.54) is 29.7 Å². The molecule has 4 nitrogen and oxygen atoms in total. The van der Waals surface area contributed by atoms with Crippen LogP contribution < -0.4 is 4.90 Å². The number of halogens is 2. The first kappa shape index (κ1) is 16.2. The molecule has 3 aliphatic heterocycles. The third-order valence-electron chi connectivity index (χ3n) is 4.91. The van der Waals surface area contributed by atoms with E-state index in [4.69, 9.17) is 0 Å². The number of hydrogen-bond acceptors (Lipinski definition) is 2. The van der Waals surface area contributed by atoms with E-state index in [2.05, 4.69) is 23.1 Å². The molecule has 3 heterocycles. The lowest BCUT2D eigenvalue weighted by molar-refractivity contribution is 0.154. The Hall–Kier alpha value is -1.13. The molecule has 21 heavy (non-hydrogen) atoms. The Bertz CT molecular complexity index is 552. The Balaban J connectivity index is 0.000000807. The van der Waals surface area contributed by atoms with Crippen LogP contribution in [-0.4, -0.2) is 42.3 Å². The number of amides is 1. The number of carbonyl (C=O) groups is 1. The van der Waals surface area contributed by atoms with Crippen LogP contribution in [0.3, 0.4) is 0 Å². The first-order chi connectivity index (χ1) is 9.24. The minimum Gasteiger partial charge on any atom is -0.465 e. The SMILES string of the molecule is Cl.Cl.O=C(O)N1C[C@H]2CN3CCCc4cccc(c43)[C@@H]2C1. The fourth-order valence-corrected chi connectivity index (χ4v) is 4.10. The standard InChI is InChI=1S/C15H18N2O2.2ClH/c18-15(19)17-8-11-7-16-6-2-4-10-3-1-5-12(14(10)16)13(11)9-17;;/h1,3,5,11,13H,2,4,6-9H2,(H,18,19);2*1H/t11-,13-;;/m1../s1. The van der Waals surface area contributed by atoms with Crippen molar-refractivity contribution in [1.29, 1.82) is 0 Å². The Morgan fingerprint density at radius 2 is 2.00 bits per heavy atom. The fraction of sp³-hybridized carbons (Fsp3) is 0.533. The van der Waals surface area contributed by atoms with Crippen LogP contribution in [0.15, 0.2) is 18.2 Å². The highest BCUT2D eigenvalue weighted by atomic mass is 35.5. The molecule has 2 atom stereocenters. The van der Waals surface area contributed by atoms with Gasteiger partial charge < -0.3 is 14.9 Å². The summed E-state index contributed by atoms with van der Waals surface area (Å²) < 4.78 is 0. The summed E-state index contributed by atoms with van der Waals surface area (Å²) in [6.45, 7) is 3.52. The van der Waals surface area contributed by atoms with Crippen LogP contribution in [0.4, 0.5) is 10.5 Å². The van der Waals surface area contributed by atoms with Gasteiger partial charge in [0.15, 0.2) is 0 Å². The van der Waals surface area contributed by atoms with Gasteiger partial charge in [0.25, 0.3) is 0 Å². The third kappa shape index (κ3) is 2.44. The smallest absolute Gasteiger partial charge is 0.407 e. The second-order valence-electron chi connectivity index (χ2n) is 5.96. The van der Waals surface area contributed by atoms with Crippen molar-refractivity contribution in [3.05, 3.63) is 29.3 Å². The largest absolute Gasteiger partial charge is 0.465 e. The first-order valence-electron chi connectivity index (χ1n) is 7.08. The second-order valence-corrected chi connectivity index (χ2v) is 5.96. The van der Waals surface area contributed by atoms with Gasteiger partial charge in [-0.25, -0.2) is 4.79 Å². The number of anilines is 1. The Morgan fingerprint density at radius 1 is 1.19 bits per heavy atom. The van der Waals surface area contributed by atoms with Crippen LogP contribution in [0.5, 0.6) is 0 Å². The molecule has 0 aromatic heterocycles. The number of rotatable bonds is 0. The summed E-state index contributed by atoms with van der Waals surface area (Å²) in [5.41, 5.74) is 4.26. The maximum Gasteiger partial charge on any atom is 0.407 e. The Kier molecular flexibility index (Phi) is 4.59. The van der Waals surface area contributed by atoms with E-state index in [1.54, 1.807) is 4.90 Å². The molecule has 3 aliphatic rings. The molecule has 0 radical (unpaired) electrons. The summed E-state index contributed by atoms with van der Waals surface area (Å²) >= 11 is 0. The number of likely N-dealkylation sites (tertiary alicyclic amines) is 1. The number of aryl methyl sites for hydroxylation is 1. The van der Waals surface area contributed by atoms with Gasteiger partial charge in [0.05, 0.1) is 0 Å². The van der Waals surface area contributed by atoms with E-state index in [-0.39, 0.29) is 24.8 Å². The molecule has 0 saturated carbocycles. The van der Waals surface area contributed by atoms with Crippen LogP contribution >= 0.6 is 24.8 Å². The number of carboxylic acid groups (broad SMARTS) is 1. The predicted octanol–water partition coefficient (Wildman–Crippen LogP) is 2.99. The van der Waals surface area contributed by atoms with E-state index in [9.17, 15) is 9.90 Å². The lowest BCUT2D eigenvalue weighted by atomic mass is 9.80. The number of benzene rings is 1. The molecular weight excluding hydrogens is 311 g/mol. The number of para-hydroxylation sites is 1. The zero-order valence-corrected chi connectivity index (χ0v) is 13.3. The molecule has 1 N–H and O–H groups in total. The molecule has 1 amide bonds. The van der Waals surface area contributed by atoms with Crippen molar-refractivity contribution in [2.24, 2.45) is 5.92 Å². The summed E-state index contributed by atoms with van der Waals surface area (Å²) in [5, 5.41) is 9.21. The highest BCUT2D eigenvalue weighted by Crippen LogP contribution is 2.45. The van der Waals surface area contributed by atoms with Crippen molar-refractivity contribution < 1.29 is 9.90 Å². The third-order valence-corrected chi connectivity index (χ3v) is 4.91. The summed E-state index contributed by atoms with van der Waals surface area (Å²) in [5.74, 6) is 0.873. The average Bonchev–Trinajstić information content (AvgIpc) is 2.84. The highest BCUT2D eigenvalue weighted by Gasteiger charge is 2.42. The van der Waals surface area contributed by atoms with Gasteiger partial charge in [-0.1, -0.05) is 18.2 Å². The monoisotopic (exact) mass is 330 g/mol. The van der Waals surface area contributed by atoms with Gasteiger partial charge in [0.2, 0.25) is 0 Å². The van der Waals surface area contributed by atoms with Gasteiger partial charge in [-0.05, 0) is 24.0 Å². The Labute approximate surface area is 136 Å². The summed E-state index contributed by atoms with van der Waals surface area (Å²) in [6, 6.07) is 6.58. The molecule has 1 aromatic rings. The Morgan fingerprint density at radius 3 is 2.76 bits per heavy atom. The van der Waals surface area contributed by atoms with E-state index >= 15 is 0 Å². The van der Waals surface area contributed by atoms with Crippen molar-refractivity contribution in [1.82, 2.24) is 4.90 Å². The lowest BCUT2D eigenvalue weighted by Crippen LogP contribution is -2.40. The van der Waals surface area contributed by atoms with Crippen molar-refractivity contribution in [2.45, 2.75) is 18.8 Å². The minimum absolute atomic E-state index is 0. The van der Waals surface area contributed by atoms with E-state index in [0.29, 0.717) is 24.9 Å². The molecule has 1 saturated heterocycles. The quantitative estimate of drug-likeness (QED) is 0.795. The molecule has 4 rings (SSSR count). The average molecular weight is 331 g/mol. The predicted molar refractivity (Wildman–Crippen MR) is 87.3 cm³/mol. The van der Waals surface area contributed by atoms with E-state index < -0.39 is 6.09 Å². The number of fused-ring (bicyclic) bond motifs is 2. The van der Waals surface area contributed by atoms with Gasteiger partial charge in [-0.2, -0.15) is 0 Å². The van der Waals surface area contributed by atoms with Crippen molar-refractivity contribution in [2.75, 3.05) is 31.1 Å². The maximum atomic E-state index is 11.2. The highest BCUT2D eigenvalue weighted by molar-refractivity contribution is 5.85. The van der Waals surface area contributed by atoms with Crippen molar-refractivity contribution >= 4 is 36.6 Å². The van der Waals surface area contributed by atoms with Crippen LogP contribution in [0.25, 0.3) is 0 Å². The van der Waals surface area contributed by atoms with Crippen LogP contribution in [0.1, 0.15) is 23.5 Å². The van der Waals surface area contributed by atoms with Crippen molar-refractivity contribution in [3.63, 3.8) is 0 Å². The maximum absolute atomic E-state index is 11.2. The molecule has 0 aliphatic carbocycles. The van der Waals surface area contributed by atoms with Crippen LogP contribution in [0.2, 0.25) is 0 Å². The van der Waals surface area contributed by atoms with Crippen molar-refractivity contribution in [3.8, 4) is 0 Å². The minimum atomic E-state index is -0.770.